The summed E-state index contributed by atoms with van der Waals surface area (Å²) in [5.41, 5.74) is 9.26. The van der Waals surface area contributed by atoms with E-state index < -0.39 is 12.2 Å². The standard InChI is InChI=1S/C33H53NO4/c1-20-10-15-33(19-22(36)18-27(34)37)17-16-31(6)23(28(20)33)8-9-25-30(5)13-12-26(38-21(2)35)29(3,4)24(30)11-14-32(25,31)7/h21,23-26,35H,8-19H2,1-7H3,(H2,34,37). The minimum Gasteiger partial charge on any atom is -0.369 e. The number of amides is 1. The number of primary amides is 1. The zero-order valence-electron chi connectivity index (χ0n) is 25.1. The van der Waals surface area contributed by atoms with E-state index in [1.807, 2.05) is 0 Å². The van der Waals surface area contributed by atoms with E-state index in [2.05, 4.69) is 41.5 Å². The van der Waals surface area contributed by atoms with Gasteiger partial charge in [-0.3, -0.25) is 9.59 Å². The first-order valence-electron chi connectivity index (χ1n) is 15.4. The van der Waals surface area contributed by atoms with Crippen molar-refractivity contribution < 1.29 is 19.4 Å². The number of hydrogen-bond donors (Lipinski definition) is 2. The number of nitrogens with two attached hydrogens (primary N) is 1. The van der Waals surface area contributed by atoms with Crippen molar-refractivity contribution in [3.63, 3.8) is 0 Å². The molecule has 0 aromatic rings. The summed E-state index contributed by atoms with van der Waals surface area (Å²) in [6.07, 6.45) is 11.3. The fourth-order valence-corrected chi connectivity index (χ4v) is 11.8. The molecular formula is C33H53NO4. The molecule has 0 aromatic carbocycles. The van der Waals surface area contributed by atoms with Crippen LogP contribution in [0, 0.1) is 44.8 Å². The van der Waals surface area contributed by atoms with Crippen molar-refractivity contribution in [1.29, 1.82) is 0 Å². The Morgan fingerprint density at radius 2 is 1.66 bits per heavy atom. The Morgan fingerprint density at radius 3 is 2.32 bits per heavy atom. The van der Waals surface area contributed by atoms with E-state index >= 15 is 0 Å². The lowest BCUT2D eigenvalue weighted by molar-refractivity contribution is -0.251. The number of fused-ring (bicyclic) bond motifs is 7. The lowest BCUT2D eigenvalue weighted by Gasteiger charge is -2.72. The Kier molecular flexibility index (Phi) is 6.83. The van der Waals surface area contributed by atoms with Crippen molar-refractivity contribution in [1.82, 2.24) is 0 Å². The second-order valence-corrected chi connectivity index (χ2v) is 15.5. The van der Waals surface area contributed by atoms with Gasteiger partial charge in [0.25, 0.3) is 0 Å². The van der Waals surface area contributed by atoms with Crippen molar-refractivity contribution in [2.45, 2.75) is 138 Å². The summed E-state index contributed by atoms with van der Waals surface area (Å²) in [5.74, 6) is 1.33. The molecule has 5 nitrogen and oxygen atoms in total. The highest BCUT2D eigenvalue weighted by Crippen LogP contribution is 2.77. The van der Waals surface area contributed by atoms with Crippen LogP contribution in [-0.4, -0.2) is 29.2 Å². The zero-order chi connectivity index (χ0) is 27.9. The van der Waals surface area contributed by atoms with Crippen molar-refractivity contribution in [2.24, 2.45) is 50.6 Å². The Morgan fingerprint density at radius 1 is 0.947 bits per heavy atom. The normalized spacial score (nSPS) is 46.4. The van der Waals surface area contributed by atoms with E-state index in [0.29, 0.717) is 24.2 Å². The lowest BCUT2D eigenvalue weighted by atomic mass is 9.33. The van der Waals surface area contributed by atoms with E-state index in [0.717, 1.165) is 25.7 Å². The van der Waals surface area contributed by atoms with Crippen LogP contribution in [0.25, 0.3) is 0 Å². The topological polar surface area (TPSA) is 89.6 Å². The van der Waals surface area contributed by atoms with Gasteiger partial charge in [-0.15, -0.1) is 0 Å². The van der Waals surface area contributed by atoms with Gasteiger partial charge in [0, 0.05) is 6.42 Å². The van der Waals surface area contributed by atoms with Gasteiger partial charge in [0.2, 0.25) is 5.91 Å². The van der Waals surface area contributed by atoms with E-state index in [1.54, 1.807) is 12.5 Å². The second kappa shape index (κ2) is 9.16. The van der Waals surface area contributed by atoms with Gasteiger partial charge in [-0.2, -0.15) is 0 Å². The number of carbonyl (C=O) groups is 2. The van der Waals surface area contributed by atoms with Gasteiger partial charge in [0.05, 0.1) is 12.5 Å². The summed E-state index contributed by atoms with van der Waals surface area (Å²) < 4.78 is 6.09. The lowest BCUT2D eigenvalue weighted by Crippen LogP contribution is -2.65. The third-order valence-corrected chi connectivity index (χ3v) is 13.6. The van der Waals surface area contributed by atoms with Gasteiger partial charge >= 0.3 is 0 Å². The Hall–Kier alpha value is -1.20. The average Bonchev–Trinajstić information content (AvgIpc) is 3.11. The number of aliphatic hydroxyl groups is 1. The summed E-state index contributed by atoms with van der Waals surface area (Å²) in [6.45, 7) is 16.7. The third-order valence-electron chi connectivity index (χ3n) is 13.6. The van der Waals surface area contributed by atoms with Gasteiger partial charge in [-0.1, -0.05) is 45.8 Å². The molecule has 1 amide bonds. The number of allylic oxidation sites excluding steroid dienone is 2. The summed E-state index contributed by atoms with van der Waals surface area (Å²) in [7, 11) is 0. The van der Waals surface area contributed by atoms with Crippen LogP contribution in [0.2, 0.25) is 0 Å². The Labute approximate surface area is 230 Å². The molecule has 0 saturated heterocycles. The van der Waals surface area contributed by atoms with Crippen LogP contribution < -0.4 is 5.73 Å². The SMILES string of the molecule is CC1=C2C3CCC4C5(C)CCC(OC(C)O)C(C)(C)C5CCC4(C)C3(C)CCC2(CC(=O)CC(N)=O)CC1. The molecule has 38 heavy (non-hydrogen) atoms. The Bertz CT molecular complexity index is 1030. The van der Waals surface area contributed by atoms with Crippen LogP contribution in [0.3, 0.4) is 0 Å². The fourth-order valence-electron chi connectivity index (χ4n) is 11.8. The maximum atomic E-state index is 12.9. The molecule has 0 heterocycles. The van der Waals surface area contributed by atoms with Gasteiger partial charge in [-0.05, 0) is 123 Å². The molecule has 9 atom stereocenters. The minimum absolute atomic E-state index is 0.0274. The van der Waals surface area contributed by atoms with Crippen molar-refractivity contribution in [3.05, 3.63) is 11.1 Å². The first kappa shape index (κ1) is 28.3. The first-order valence-corrected chi connectivity index (χ1v) is 15.4. The molecule has 214 valence electrons. The van der Waals surface area contributed by atoms with Gasteiger partial charge in [0.15, 0.2) is 6.29 Å². The molecule has 4 saturated carbocycles. The third kappa shape index (κ3) is 3.91. The predicted octanol–water partition coefficient (Wildman–Crippen LogP) is 6.71. The molecule has 4 fully saturated rings. The first-order chi connectivity index (χ1) is 17.6. The van der Waals surface area contributed by atoms with Gasteiger partial charge in [0.1, 0.15) is 5.78 Å². The number of ether oxygens (including phenoxy) is 1. The van der Waals surface area contributed by atoms with Crippen LogP contribution >= 0.6 is 0 Å². The number of Topliss-reactive ketones (excluding diaryl/α,β-unsaturated/α-hetero) is 1. The molecule has 3 N–H and O–H groups in total. The van der Waals surface area contributed by atoms with Gasteiger partial charge in [-0.25, -0.2) is 0 Å². The van der Waals surface area contributed by atoms with Crippen LogP contribution in [0.5, 0.6) is 0 Å². The van der Waals surface area contributed by atoms with Gasteiger partial charge < -0.3 is 15.6 Å². The Balaban J connectivity index is 1.47. The molecule has 0 radical (unpaired) electrons. The smallest absolute Gasteiger partial charge is 0.224 e. The maximum absolute atomic E-state index is 12.9. The highest BCUT2D eigenvalue weighted by Gasteiger charge is 2.69. The molecular weight excluding hydrogens is 474 g/mol. The summed E-state index contributed by atoms with van der Waals surface area (Å²) in [4.78, 5) is 24.4. The summed E-state index contributed by atoms with van der Waals surface area (Å²) >= 11 is 0. The predicted molar refractivity (Wildman–Crippen MR) is 150 cm³/mol. The van der Waals surface area contributed by atoms with Crippen molar-refractivity contribution in [2.75, 3.05) is 0 Å². The van der Waals surface area contributed by atoms with E-state index in [1.165, 1.54) is 44.1 Å². The van der Waals surface area contributed by atoms with E-state index in [-0.39, 0.29) is 45.4 Å². The molecule has 0 aliphatic heterocycles. The maximum Gasteiger partial charge on any atom is 0.224 e. The van der Waals surface area contributed by atoms with Crippen LogP contribution in [0.15, 0.2) is 11.1 Å². The van der Waals surface area contributed by atoms with Crippen LogP contribution in [0.1, 0.15) is 126 Å². The van der Waals surface area contributed by atoms with E-state index in [9.17, 15) is 14.7 Å². The largest absolute Gasteiger partial charge is 0.369 e. The monoisotopic (exact) mass is 527 g/mol. The number of rotatable bonds is 6. The molecule has 5 heteroatoms. The number of ketones is 1. The highest BCUT2D eigenvalue weighted by atomic mass is 16.6. The number of carbonyl (C=O) groups excluding carboxylic acids is 2. The quantitative estimate of drug-likeness (QED) is 0.228. The average molecular weight is 528 g/mol. The highest BCUT2D eigenvalue weighted by molar-refractivity contribution is 5.97. The molecule has 9 unspecified atom stereocenters. The molecule has 0 spiro atoms. The van der Waals surface area contributed by atoms with Crippen molar-refractivity contribution >= 4 is 11.7 Å². The van der Waals surface area contributed by atoms with Crippen LogP contribution in [-0.2, 0) is 14.3 Å². The molecule has 0 aromatic heterocycles. The summed E-state index contributed by atoms with van der Waals surface area (Å²) in [5, 5.41) is 10.0. The second-order valence-electron chi connectivity index (χ2n) is 15.5. The van der Waals surface area contributed by atoms with Crippen molar-refractivity contribution in [3.8, 4) is 0 Å². The van der Waals surface area contributed by atoms with E-state index in [4.69, 9.17) is 10.5 Å². The number of aliphatic hydroxyl groups excluding tert-OH is 1. The molecule has 0 bridgehead atoms. The molecule has 5 aliphatic carbocycles. The summed E-state index contributed by atoms with van der Waals surface area (Å²) in [6, 6.07) is 0. The fraction of sp³-hybridized carbons (Fsp3) is 0.879. The minimum atomic E-state index is -0.716. The zero-order valence-corrected chi connectivity index (χ0v) is 25.1. The molecule has 5 aliphatic rings. The molecule has 5 rings (SSSR count). The van der Waals surface area contributed by atoms with Crippen LogP contribution in [0.4, 0.5) is 0 Å². The number of hydrogen-bond acceptors (Lipinski definition) is 4.